The quantitative estimate of drug-likeness (QED) is 0.673. The molecule has 1 fully saturated rings. The highest BCUT2D eigenvalue weighted by Gasteiger charge is 2.30. The third-order valence-corrected chi connectivity index (χ3v) is 5.97. The maximum absolute atomic E-state index is 12.5. The lowest BCUT2D eigenvalue weighted by Gasteiger charge is -2.38. The van der Waals surface area contributed by atoms with Gasteiger partial charge in [-0.15, -0.1) is 11.3 Å². The summed E-state index contributed by atoms with van der Waals surface area (Å²) in [5.74, 6) is 1.19. The summed E-state index contributed by atoms with van der Waals surface area (Å²) >= 11 is 1.70. The molecule has 3 aromatic rings. The van der Waals surface area contributed by atoms with Crippen LogP contribution in [0.4, 0.5) is 5.82 Å². The van der Waals surface area contributed by atoms with Crippen LogP contribution in [0.1, 0.15) is 20.8 Å². The number of hydrogen-bond donors (Lipinski definition) is 0. The summed E-state index contributed by atoms with van der Waals surface area (Å²) in [5, 5.41) is 1.09. The number of amides is 1. The lowest BCUT2D eigenvalue weighted by atomic mass is 9.94. The topological polar surface area (TPSA) is 49.3 Å². The van der Waals surface area contributed by atoms with E-state index in [4.69, 9.17) is 0 Å². The Balaban J connectivity index is 1.58. The van der Waals surface area contributed by atoms with Crippen LogP contribution in [0.3, 0.4) is 0 Å². The van der Waals surface area contributed by atoms with E-state index < -0.39 is 0 Å². The SMILES string of the molecule is CC(C)(C)C(=O)N1CCN(c2ncnc3sc(-c4ccccc4)cc23)CC1. The molecule has 0 aliphatic carbocycles. The Hall–Kier alpha value is -2.47. The van der Waals surface area contributed by atoms with Crippen molar-refractivity contribution >= 4 is 33.3 Å². The molecule has 0 atom stereocenters. The fourth-order valence-electron chi connectivity index (χ4n) is 3.44. The van der Waals surface area contributed by atoms with Gasteiger partial charge in [0.15, 0.2) is 0 Å². The highest BCUT2D eigenvalue weighted by atomic mass is 32.1. The molecule has 0 saturated carbocycles. The Labute approximate surface area is 163 Å². The number of anilines is 1. The first-order chi connectivity index (χ1) is 12.9. The minimum Gasteiger partial charge on any atom is -0.352 e. The third-order valence-electron chi connectivity index (χ3n) is 4.87. The van der Waals surface area contributed by atoms with Crippen molar-refractivity contribution < 1.29 is 4.79 Å². The molecule has 0 N–H and O–H groups in total. The molecule has 0 radical (unpaired) electrons. The van der Waals surface area contributed by atoms with Crippen LogP contribution < -0.4 is 4.90 Å². The highest BCUT2D eigenvalue weighted by molar-refractivity contribution is 7.21. The molecule has 140 valence electrons. The normalized spacial score (nSPS) is 15.4. The van der Waals surface area contributed by atoms with Crippen LogP contribution in [0.5, 0.6) is 0 Å². The predicted molar refractivity (Wildman–Crippen MR) is 111 cm³/mol. The van der Waals surface area contributed by atoms with E-state index in [-0.39, 0.29) is 11.3 Å². The van der Waals surface area contributed by atoms with Crippen molar-refractivity contribution in [3.8, 4) is 10.4 Å². The molecule has 1 aromatic carbocycles. The monoisotopic (exact) mass is 380 g/mol. The smallest absolute Gasteiger partial charge is 0.228 e. The van der Waals surface area contributed by atoms with Crippen LogP contribution in [0, 0.1) is 5.41 Å². The second-order valence-electron chi connectivity index (χ2n) is 7.92. The molecule has 2 aromatic heterocycles. The van der Waals surface area contributed by atoms with Crippen molar-refractivity contribution in [2.75, 3.05) is 31.1 Å². The number of piperazine rings is 1. The number of carbonyl (C=O) groups excluding carboxylic acids is 1. The fraction of sp³-hybridized carbons (Fsp3) is 0.381. The van der Waals surface area contributed by atoms with E-state index in [9.17, 15) is 4.79 Å². The van der Waals surface area contributed by atoms with Gasteiger partial charge < -0.3 is 9.80 Å². The van der Waals surface area contributed by atoms with Gasteiger partial charge in [0.25, 0.3) is 0 Å². The molecule has 27 heavy (non-hydrogen) atoms. The zero-order chi connectivity index (χ0) is 19.0. The zero-order valence-electron chi connectivity index (χ0n) is 16.0. The summed E-state index contributed by atoms with van der Waals surface area (Å²) in [5.41, 5.74) is 0.870. The number of aromatic nitrogens is 2. The molecular formula is C21H24N4OS. The van der Waals surface area contributed by atoms with Crippen molar-refractivity contribution in [3.05, 3.63) is 42.7 Å². The highest BCUT2D eigenvalue weighted by Crippen LogP contribution is 2.36. The summed E-state index contributed by atoms with van der Waals surface area (Å²) in [6.07, 6.45) is 1.65. The second-order valence-corrected chi connectivity index (χ2v) is 8.95. The van der Waals surface area contributed by atoms with Crippen LogP contribution >= 0.6 is 11.3 Å². The summed E-state index contributed by atoms with van der Waals surface area (Å²) in [7, 11) is 0. The average molecular weight is 381 g/mol. The maximum atomic E-state index is 12.5. The van der Waals surface area contributed by atoms with E-state index in [0.717, 1.165) is 42.2 Å². The summed E-state index contributed by atoms with van der Waals surface area (Å²) in [6, 6.07) is 12.6. The molecule has 0 bridgehead atoms. The first-order valence-corrected chi connectivity index (χ1v) is 10.1. The molecule has 1 saturated heterocycles. The van der Waals surface area contributed by atoms with Gasteiger partial charge in [0.1, 0.15) is 17.0 Å². The van der Waals surface area contributed by atoms with Gasteiger partial charge in [-0.1, -0.05) is 51.1 Å². The zero-order valence-corrected chi connectivity index (χ0v) is 16.8. The van der Waals surface area contributed by atoms with Crippen molar-refractivity contribution in [1.82, 2.24) is 14.9 Å². The molecule has 4 rings (SSSR count). The van der Waals surface area contributed by atoms with Crippen LogP contribution in [-0.4, -0.2) is 47.0 Å². The third kappa shape index (κ3) is 3.54. The summed E-state index contributed by atoms with van der Waals surface area (Å²) < 4.78 is 0. The van der Waals surface area contributed by atoms with Gasteiger partial charge >= 0.3 is 0 Å². The van der Waals surface area contributed by atoms with E-state index >= 15 is 0 Å². The van der Waals surface area contributed by atoms with E-state index in [1.54, 1.807) is 17.7 Å². The van der Waals surface area contributed by atoms with Crippen molar-refractivity contribution in [1.29, 1.82) is 0 Å². The predicted octanol–water partition coefficient (Wildman–Crippen LogP) is 4.05. The molecule has 1 aliphatic heterocycles. The van der Waals surface area contributed by atoms with Crippen LogP contribution in [0.2, 0.25) is 0 Å². The minimum absolute atomic E-state index is 0.219. The summed E-state index contributed by atoms with van der Waals surface area (Å²) in [6.45, 7) is 8.99. The Morgan fingerprint density at radius 1 is 1.04 bits per heavy atom. The Morgan fingerprint density at radius 3 is 2.41 bits per heavy atom. The lowest BCUT2D eigenvalue weighted by molar-refractivity contribution is -0.139. The van der Waals surface area contributed by atoms with Gasteiger partial charge in [0.05, 0.1) is 5.39 Å². The van der Waals surface area contributed by atoms with Gasteiger partial charge in [-0.05, 0) is 11.6 Å². The van der Waals surface area contributed by atoms with E-state index in [0.29, 0.717) is 0 Å². The van der Waals surface area contributed by atoms with Gasteiger partial charge in [-0.2, -0.15) is 0 Å². The largest absolute Gasteiger partial charge is 0.352 e. The second kappa shape index (κ2) is 6.93. The molecule has 5 nitrogen and oxygen atoms in total. The average Bonchev–Trinajstić information content (AvgIpc) is 3.12. The molecule has 3 heterocycles. The molecule has 0 spiro atoms. The maximum Gasteiger partial charge on any atom is 0.228 e. The van der Waals surface area contributed by atoms with Crippen molar-refractivity contribution in [3.63, 3.8) is 0 Å². The Bertz CT molecular complexity index is 953. The van der Waals surface area contributed by atoms with Crippen molar-refractivity contribution in [2.45, 2.75) is 20.8 Å². The number of hydrogen-bond acceptors (Lipinski definition) is 5. The van der Waals surface area contributed by atoms with E-state index in [1.165, 1.54) is 10.4 Å². The number of rotatable bonds is 2. The first-order valence-electron chi connectivity index (χ1n) is 9.28. The van der Waals surface area contributed by atoms with Gasteiger partial charge in [0.2, 0.25) is 5.91 Å². The lowest BCUT2D eigenvalue weighted by Crippen LogP contribution is -2.51. The van der Waals surface area contributed by atoms with Gasteiger partial charge in [-0.3, -0.25) is 4.79 Å². The van der Waals surface area contributed by atoms with E-state index in [1.807, 2.05) is 31.7 Å². The molecular weight excluding hydrogens is 356 g/mol. The van der Waals surface area contributed by atoms with Crippen LogP contribution in [0.15, 0.2) is 42.7 Å². The van der Waals surface area contributed by atoms with E-state index in [2.05, 4.69) is 45.2 Å². The first kappa shape index (κ1) is 17.9. The number of thiophene rings is 1. The Morgan fingerprint density at radius 2 is 1.74 bits per heavy atom. The number of carbonyl (C=O) groups is 1. The van der Waals surface area contributed by atoms with Gasteiger partial charge in [-0.25, -0.2) is 9.97 Å². The number of benzene rings is 1. The summed E-state index contributed by atoms with van der Waals surface area (Å²) in [4.78, 5) is 28.0. The standard InChI is InChI=1S/C21H24N4OS/c1-21(2,3)20(26)25-11-9-24(10-12-25)18-16-13-17(15-7-5-4-6-8-15)27-19(16)23-14-22-18/h4-8,13-14H,9-12H2,1-3H3. The minimum atomic E-state index is -0.331. The van der Waals surface area contributed by atoms with Gasteiger partial charge in [0, 0.05) is 36.5 Å². The molecule has 0 unspecified atom stereocenters. The van der Waals surface area contributed by atoms with Crippen LogP contribution in [-0.2, 0) is 4.79 Å². The molecule has 1 amide bonds. The van der Waals surface area contributed by atoms with Crippen molar-refractivity contribution in [2.24, 2.45) is 5.41 Å². The number of fused-ring (bicyclic) bond motifs is 1. The van der Waals surface area contributed by atoms with Crippen LogP contribution in [0.25, 0.3) is 20.7 Å². The number of nitrogens with zero attached hydrogens (tertiary/aromatic N) is 4. The molecule has 1 aliphatic rings. The Kier molecular flexibility index (Phi) is 4.60. The molecule has 6 heteroatoms. The fourth-order valence-corrected chi connectivity index (χ4v) is 4.43.